The molecule has 2 N–H and O–H groups in total. The lowest BCUT2D eigenvalue weighted by Crippen LogP contribution is -2.09. The number of carbonyl (C=O) groups excluding carboxylic acids is 1. The normalized spacial score (nSPS) is 12.2. The highest BCUT2D eigenvalue weighted by Gasteiger charge is 2.18. The number of aliphatic hydroxyl groups is 1. The molecule has 0 bridgehead atoms. The van der Waals surface area contributed by atoms with Gasteiger partial charge in [0.25, 0.3) is 0 Å². The van der Waals surface area contributed by atoms with E-state index in [1.165, 1.54) is 19.2 Å². The summed E-state index contributed by atoms with van der Waals surface area (Å²) in [5.74, 6) is -2.13. The fourth-order valence-corrected chi connectivity index (χ4v) is 1.15. The zero-order valence-electron chi connectivity index (χ0n) is 8.11. The number of phenolic OH excluding ortho intramolecular Hbond substituents is 1. The van der Waals surface area contributed by atoms with Crippen LogP contribution in [0.3, 0.4) is 0 Å². The number of benzene rings is 1. The second-order valence-corrected chi connectivity index (χ2v) is 2.98. The molecule has 0 spiro atoms. The average Bonchev–Trinajstić information content (AvgIpc) is 2.21. The van der Waals surface area contributed by atoms with Gasteiger partial charge in [0.2, 0.25) is 0 Å². The van der Waals surface area contributed by atoms with Crippen LogP contribution in [0.1, 0.15) is 18.1 Å². The average molecular weight is 214 g/mol. The molecule has 0 amide bonds. The van der Waals surface area contributed by atoms with Crippen molar-refractivity contribution in [2.75, 3.05) is 7.11 Å². The maximum atomic E-state index is 13.2. The summed E-state index contributed by atoms with van der Waals surface area (Å²) in [5, 5.41) is 18.5. The van der Waals surface area contributed by atoms with Crippen molar-refractivity contribution < 1.29 is 24.1 Å². The molecule has 82 valence electrons. The first-order chi connectivity index (χ1) is 7.06. The van der Waals surface area contributed by atoms with Gasteiger partial charge < -0.3 is 14.9 Å². The maximum Gasteiger partial charge on any atom is 0.308 e. The first-order valence-electron chi connectivity index (χ1n) is 4.28. The smallest absolute Gasteiger partial charge is 0.308 e. The minimum atomic E-state index is -1.32. The Balaban J connectivity index is 2.86. The molecule has 0 aliphatic heterocycles. The van der Waals surface area contributed by atoms with Crippen LogP contribution in [0.15, 0.2) is 18.2 Å². The Hall–Kier alpha value is -1.62. The number of methoxy groups -OCH3 is 1. The Morgan fingerprint density at radius 2 is 2.27 bits per heavy atom. The van der Waals surface area contributed by atoms with Crippen molar-refractivity contribution in [2.24, 2.45) is 0 Å². The van der Waals surface area contributed by atoms with Crippen LogP contribution in [0, 0.1) is 5.82 Å². The largest absolute Gasteiger partial charge is 0.505 e. The van der Waals surface area contributed by atoms with Crippen LogP contribution < -0.4 is 0 Å². The molecule has 1 rings (SSSR count). The standard InChI is InChI=1S/C10H11FO4/c1-15-9(14)5-8(13)6-3-2-4-7(12)10(6)11/h2-4,8,12-13H,5H2,1H3/t8-/m1/s1. The van der Waals surface area contributed by atoms with E-state index in [9.17, 15) is 14.3 Å². The second-order valence-electron chi connectivity index (χ2n) is 2.98. The quantitative estimate of drug-likeness (QED) is 0.740. The molecule has 15 heavy (non-hydrogen) atoms. The molecule has 1 aromatic carbocycles. The third kappa shape index (κ3) is 2.66. The molecule has 0 aromatic heterocycles. The molecule has 0 radical (unpaired) electrons. The van der Waals surface area contributed by atoms with Gasteiger partial charge in [0.1, 0.15) is 0 Å². The number of aromatic hydroxyl groups is 1. The highest BCUT2D eigenvalue weighted by atomic mass is 19.1. The van der Waals surface area contributed by atoms with Gasteiger partial charge in [-0.2, -0.15) is 0 Å². The van der Waals surface area contributed by atoms with Gasteiger partial charge in [-0.15, -0.1) is 0 Å². The highest BCUT2D eigenvalue weighted by molar-refractivity contribution is 5.70. The monoisotopic (exact) mass is 214 g/mol. The summed E-state index contributed by atoms with van der Waals surface area (Å²) in [6.07, 6.45) is -1.67. The summed E-state index contributed by atoms with van der Waals surface area (Å²) >= 11 is 0. The fourth-order valence-electron chi connectivity index (χ4n) is 1.15. The van der Waals surface area contributed by atoms with E-state index in [0.29, 0.717) is 0 Å². The van der Waals surface area contributed by atoms with Gasteiger partial charge in [0.05, 0.1) is 19.6 Å². The number of esters is 1. The van der Waals surface area contributed by atoms with Gasteiger partial charge >= 0.3 is 5.97 Å². The van der Waals surface area contributed by atoms with Gasteiger partial charge in [-0.3, -0.25) is 4.79 Å². The van der Waals surface area contributed by atoms with Crippen molar-refractivity contribution in [1.82, 2.24) is 0 Å². The predicted octanol–water partition coefficient (Wildman–Crippen LogP) is 1.13. The molecule has 0 heterocycles. The molecule has 0 unspecified atom stereocenters. The Labute approximate surface area is 85.9 Å². The van der Waals surface area contributed by atoms with E-state index in [1.54, 1.807) is 0 Å². The van der Waals surface area contributed by atoms with Crippen LogP contribution in [0.4, 0.5) is 4.39 Å². The predicted molar refractivity (Wildman–Crippen MR) is 49.7 cm³/mol. The van der Waals surface area contributed by atoms with Gasteiger partial charge in [0.15, 0.2) is 11.6 Å². The van der Waals surface area contributed by atoms with Crippen molar-refractivity contribution in [3.8, 4) is 5.75 Å². The van der Waals surface area contributed by atoms with Crippen LogP contribution >= 0.6 is 0 Å². The molecule has 0 saturated heterocycles. The molecular formula is C10H11FO4. The first kappa shape index (κ1) is 11.5. The van der Waals surface area contributed by atoms with Crippen molar-refractivity contribution in [3.05, 3.63) is 29.6 Å². The molecular weight excluding hydrogens is 203 g/mol. The first-order valence-corrected chi connectivity index (χ1v) is 4.28. The van der Waals surface area contributed by atoms with Gasteiger partial charge in [0, 0.05) is 5.56 Å². The van der Waals surface area contributed by atoms with Crippen LogP contribution in [0.5, 0.6) is 5.75 Å². The maximum absolute atomic E-state index is 13.2. The summed E-state index contributed by atoms with van der Waals surface area (Å²) < 4.78 is 17.6. The molecule has 0 fully saturated rings. The number of hydrogen-bond acceptors (Lipinski definition) is 4. The molecule has 1 atom stereocenters. The van der Waals surface area contributed by atoms with Crippen LogP contribution in [-0.4, -0.2) is 23.3 Å². The van der Waals surface area contributed by atoms with Crippen LogP contribution in [0.25, 0.3) is 0 Å². The number of hydrogen-bond donors (Lipinski definition) is 2. The summed E-state index contributed by atoms with van der Waals surface area (Å²) in [4.78, 5) is 10.8. The van der Waals surface area contributed by atoms with E-state index in [4.69, 9.17) is 5.11 Å². The summed E-state index contributed by atoms with van der Waals surface area (Å²) in [7, 11) is 1.17. The molecule has 5 heteroatoms. The van der Waals surface area contributed by atoms with Crippen molar-refractivity contribution in [3.63, 3.8) is 0 Å². The number of phenols is 1. The summed E-state index contributed by atoms with van der Waals surface area (Å²) in [5.41, 5.74) is -0.125. The highest BCUT2D eigenvalue weighted by Crippen LogP contribution is 2.25. The van der Waals surface area contributed by atoms with Crippen molar-refractivity contribution in [1.29, 1.82) is 0 Å². The van der Waals surface area contributed by atoms with E-state index < -0.39 is 23.6 Å². The van der Waals surface area contributed by atoms with E-state index in [1.807, 2.05) is 0 Å². The number of rotatable bonds is 3. The molecule has 4 nitrogen and oxygen atoms in total. The SMILES string of the molecule is COC(=O)C[C@@H](O)c1cccc(O)c1F. The lowest BCUT2D eigenvalue weighted by Gasteiger charge is -2.10. The Bertz CT molecular complexity index is 364. The summed E-state index contributed by atoms with van der Waals surface area (Å²) in [6.45, 7) is 0. The number of halogens is 1. The Kier molecular flexibility index (Phi) is 3.62. The van der Waals surface area contributed by atoms with Gasteiger partial charge in [-0.05, 0) is 6.07 Å². The van der Waals surface area contributed by atoms with E-state index in [0.717, 1.165) is 6.07 Å². The lowest BCUT2D eigenvalue weighted by molar-refractivity contribution is -0.142. The topological polar surface area (TPSA) is 66.8 Å². The third-order valence-electron chi connectivity index (χ3n) is 1.95. The lowest BCUT2D eigenvalue weighted by atomic mass is 10.1. The Morgan fingerprint density at radius 1 is 1.60 bits per heavy atom. The second kappa shape index (κ2) is 4.75. The fraction of sp³-hybridized carbons (Fsp3) is 0.300. The number of ether oxygens (including phenoxy) is 1. The minimum absolute atomic E-state index is 0.125. The third-order valence-corrected chi connectivity index (χ3v) is 1.95. The van der Waals surface area contributed by atoms with Crippen LogP contribution in [-0.2, 0) is 9.53 Å². The molecule has 1 aromatic rings. The molecule has 0 saturated carbocycles. The molecule has 0 aliphatic carbocycles. The van der Waals surface area contributed by atoms with Gasteiger partial charge in [-0.25, -0.2) is 4.39 Å². The zero-order valence-corrected chi connectivity index (χ0v) is 8.11. The van der Waals surface area contributed by atoms with Gasteiger partial charge in [-0.1, -0.05) is 12.1 Å². The summed E-state index contributed by atoms with van der Waals surface area (Å²) in [6, 6.07) is 3.83. The van der Waals surface area contributed by atoms with Crippen molar-refractivity contribution in [2.45, 2.75) is 12.5 Å². The number of aliphatic hydroxyl groups excluding tert-OH is 1. The Morgan fingerprint density at radius 3 is 2.87 bits per heavy atom. The van der Waals surface area contributed by atoms with Crippen LogP contribution in [0.2, 0.25) is 0 Å². The van der Waals surface area contributed by atoms with E-state index >= 15 is 0 Å². The van der Waals surface area contributed by atoms with E-state index in [2.05, 4.69) is 4.74 Å². The zero-order chi connectivity index (χ0) is 11.4. The van der Waals surface area contributed by atoms with E-state index in [-0.39, 0.29) is 12.0 Å². The van der Waals surface area contributed by atoms with Crippen molar-refractivity contribution >= 4 is 5.97 Å². The molecule has 0 aliphatic rings. The number of carbonyl (C=O) groups is 1. The minimum Gasteiger partial charge on any atom is -0.505 e.